The summed E-state index contributed by atoms with van der Waals surface area (Å²) in [5, 5.41) is 9.43. The molecule has 9 heteroatoms. The van der Waals surface area contributed by atoms with Crippen molar-refractivity contribution >= 4 is 33.9 Å². The number of benzene rings is 1. The van der Waals surface area contributed by atoms with Crippen LogP contribution in [0.15, 0.2) is 46.7 Å². The highest BCUT2D eigenvalue weighted by Gasteiger charge is 2.21. The van der Waals surface area contributed by atoms with Gasteiger partial charge in [-0.05, 0) is 45.8 Å². The molecule has 1 aromatic heterocycles. The highest BCUT2D eigenvalue weighted by atomic mass is 79.9. The first-order valence-electron chi connectivity index (χ1n) is 9.01. The minimum Gasteiger partial charge on any atom is -0.493 e. The summed E-state index contributed by atoms with van der Waals surface area (Å²) in [5.74, 6) is -0.447. The summed E-state index contributed by atoms with van der Waals surface area (Å²) in [5.41, 5.74) is 0.844. The number of hydrogen-bond acceptors (Lipinski definition) is 7. The van der Waals surface area contributed by atoms with Gasteiger partial charge in [-0.3, -0.25) is 9.78 Å². The van der Waals surface area contributed by atoms with Gasteiger partial charge in [0, 0.05) is 30.0 Å². The molecule has 154 valence electrons. The van der Waals surface area contributed by atoms with Crippen molar-refractivity contribution < 1.29 is 23.8 Å². The molecule has 1 saturated heterocycles. The fraction of sp³-hybridized carbons (Fsp3) is 0.238. The van der Waals surface area contributed by atoms with Gasteiger partial charge >= 0.3 is 5.97 Å². The lowest BCUT2D eigenvalue weighted by Gasteiger charge is -2.26. The molecule has 0 N–H and O–H groups in total. The molecule has 2 aromatic rings. The lowest BCUT2D eigenvalue weighted by Crippen LogP contribution is -2.41. The quantitative estimate of drug-likeness (QED) is 0.286. The molecule has 0 unspecified atom stereocenters. The molecule has 0 atom stereocenters. The highest BCUT2D eigenvalue weighted by molar-refractivity contribution is 9.10. The van der Waals surface area contributed by atoms with Gasteiger partial charge in [0.05, 0.1) is 25.9 Å². The summed E-state index contributed by atoms with van der Waals surface area (Å²) >= 11 is 3.26. The molecule has 1 aromatic carbocycles. The van der Waals surface area contributed by atoms with E-state index in [1.807, 2.05) is 6.07 Å². The average Bonchev–Trinajstić information content (AvgIpc) is 2.78. The van der Waals surface area contributed by atoms with Crippen LogP contribution in [0.4, 0.5) is 0 Å². The van der Waals surface area contributed by atoms with Crippen molar-refractivity contribution in [2.24, 2.45) is 0 Å². The van der Waals surface area contributed by atoms with E-state index in [1.165, 1.54) is 19.4 Å². The number of carbonyl (C=O) groups excluding carboxylic acids is 2. The fourth-order valence-electron chi connectivity index (χ4n) is 2.79. The average molecular weight is 472 g/mol. The Morgan fingerprint density at radius 1 is 1.23 bits per heavy atom. The van der Waals surface area contributed by atoms with Crippen LogP contribution in [0, 0.1) is 11.3 Å². The number of pyridine rings is 1. The molecule has 0 spiro atoms. The number of nitriles is 1. The Bertz CT molecular complexity index is 1030. The first kappa shape index (κ1) is 21.5. The van der Waals surface area contributed by atoms with Crippen LogP contribution in [-0.4, -0.2) is 55.2 Å². The topological polar surface area (TPSA) is 102 Å². The summed E-state index contributed by atoms with van der Waals surface area (Å²) in [6.07, 6.45) is 4.43. The van der Waals surface area contributed by atoms with E-state index in [9.17, 15) is 14.9 Å². The summed E-state index contributed by atoms with van der Waals surface area (Å²) in [6.45, 7) is 1.79. The van der Waals surface area contributed by atoms with Crippen molar-refractivity contribution in [2.75, 3.05) is 33.4 Å². The van der Waals surface area contributed by atoms with Gasteiger partial charge in [-0.15, -0.1) is 0 Å². The zero-order valence-corrected chi connectivity index (χ0v) is 17.7. The highest BCUT2D eigenvalue weighted by Crippen LogP contribution is 2.30. The fourth-order valence-corrected chi connectivity index (χ4v) is 3.15. The van der Waals surface area contributed by atoms with Gasteiger partial charge < -0.3 is 19.1 Å². The van der Waals surface area contributed by atoms with Gasteiger partial charge in [-0.2, -0.15) is 5.26 Å². The first-order chi connectivity index (χ1) is 14.5. The second-order valence-corrected chi connectivity index (χ2v) is 7.18. The Morgan fingerprint density at radius 3 is 2.67 bits per heavy atom. The summed E-state index contributed by atoms with van der Waals surface area (Å²) < 4.78 is 16.6. The van der Waals surface area contributed by atoms with Crippen molar-refractivity contribution in [1.29, 1.82) is 5.26 Å². The van der Waals surface area contributed by atoms with Crippen molar-refractivity contribution in [1.82, 2.24) is 9.88 Å². The number of methoxy groups -OCH3 is 1. The van der Waals surface area contributed by atoms with E-state index >= 15 is 0 Å². The molecular weight excluding hydrogens is 454 g/mol. The molecule has 0 saturated carbocycles. The molecule has 8 nitrogen and oxygen atoms in total. The molecule has 0 bridgehead atoms. The third kappa shape index (κ3) is 5.23. The van der Waals surface area contributed by atoms with Crippen LogP contribution >= 0.6 is 15.9 Å². The van der Waals surface area contributed by atoms with Crippen molar-refractivity contribution in [3.8, 4) is 17.6 Å². The van der Waals surface area contributed by atoms with Crippen LogP contribution in [0.1, 0.15) is 15.9 Å². The Balaban J connectivity index is 1.80. The largest absolute Gasteiger partial charge is 0.493 e. The minimum absolute atomic E-state index is 0.00362. The number of aromatic nitrogens is 1. The number of halogens is 1. The molecule has 1 aliphatic rings. The van der Waals surface area contributed by atoms with E-state index in [4.69, 9.17) is 14.2 Å². The second kappa shape index (κ2) is 10.0. The molecular formula is C21H18BrN3O5. The molecule has 1 aliphatic heterocycles. The second-order valence-electron chi connectivity index (χ2n) is 6.27. The number of hydrogen-bond donors (Lipinski definition) is 0. The summed E-state index contributed by atoms with van der Waals surface area (Å²) in [7, 11) is 1.44. The van der Waals surface area contributed by atoms with Crippen molar-refractivity contribution in [2.45, 2.75) is 0 Å². The van der Waals surface area contributed by atoms with Crippen LogP contribution in [0.5, 0.6) is 11.5 Å². The monoisotopic (exact) mass is 471 g/mol. The third-order valence-electron chi connectivity index (χ3n) is 4.29. The van der Waals surface area contributed by atoms with Crippen LogP contribution in [0.2, 0.25) is 0 Å². The predicted octanol–water partition coefficient (Wildman–Crippen LogP) is 2.84. The Labute approximate surface area is 181 Å². The number of nitrogens with zero attached hydrogens (tertiary/aromatic N) is 3. The SMILES string of the molecule is COc1cc(/C=C(\C#N)C(=O)N2CCOCC2)ccc1OC(=O)c1cncc(Br)c1. The number of amides is 1. The van der Waals surface area contributed by atoms with E-state index in [2.05, 4.69) is 20.9 Å². The van der Waals surface area contributed by atoms with Crippen LogP contribution in [0.25, 0.3) is 6.08 Å². The lowest BCUT2D eigenvalue weighted by molar-refractivity contribution is -0.130. The van der Waals surface area contributed by atoms with Gasteiger partial charge in [0.2, 0.25) is 0 Å². The molecule has 2 heterocycles. The zero-order valence-electron chi connectivity index (χ0n) is 16.1. The molecule has 0 aliphatic carbocycles. The number of ether oxygens (including phenoxy) is 3. The van der Waals surface area contributed by atoms with Gasteiger partial charge in [0.1, 0.15) is 11.6 Å². The Kier molecular flexibility index (Phi) is 7.17. The number of esters is 1. The molecule has 1 amide bonds. The first-order valence-corrected chi connectivity index (χ1v) is 9.80. The molecule has 0 radical (unpaired) electrons. The maximum Gasteiger partial charge on any atom is 0.345 e. The molecule has 1 fully saturated rings. The van der Waals surface area contributed by atoms with E-state index in [0.29, 0.717) is 36.3 Å². The van der Waals surface area contributed by atoms with E-state index in [0.717, 1.165) is 0 Å². The lowest BCUT2D eigenvalue weighted by atomic mass is 10.1. The maximum atomic E-state index is 12.6. The van der Waals surface area contributed by atoms with Crippen molar-refractivity contribution in [3.05, 3.63) is 57.8 Å². The normalized spacial score (nSPS) is 14.0. The Morgan fingerprint density at radius 2 is 2.00 bits per heavy atom. The number of rotatable bonds is 5. The number of morpholine rings is 1. The number of carbonyl (C=O) groups is 2. The van der Waals surface area contributed by atoms with Crippen molar-refractivity contribution in [3.63, 3.8) is 0 Å². The maximum absolute atomic E-state index is 12.6. The van der Waals surface area contributed by atoms with E-state index < -0.39 is 5.97 Å². The van der Waals surface area contributed by atoms with Crippen LogP contribution < -0.4 is 9.47 Å². The van der Waals surface area contributed by atoms with Crippen LogP contribution in [-0.2, 0) is 9.53 Å². The van der Waals surface area contributed by atoms with Gasteiger partial charge in [-0.25, -0.2) is 4.79 Å². The third-order valence-corrected chi connectivity index (χ3v) is 4.72. The summed E-state index contributed by atoms with van der Waals surface area (Å²) in [6, 6.07) is 8.31. The van der Waals surface area contributed by atoms with Gasteiger partial charge in [-0.1, -0.05) is 6.07 Å². The van der Waals surface area contributed by atoms with Crippen LogP contribution in [0.3, 0.4) is 0 Å². The predicted molar refractivity (Wildman–Crippen MR) is 111 cm³/mol. The Hall–Kier alpha value is -3.22. The molecule has 3 rings (SSSR count). The molecule has 30 heavy (non-hydrogen) atoms. The smallest absolute Gasteiger partial charge is 0.345 e. The zero-order chi connectivity index (χ0) is 21.5. The standard InChI is InChI=1S/C21H18BrN3O5/c1-28-19-9-14(8-15(11-23)20(26)25-4-6-29-7-5-25)2-3-18(19)30-21(27)16-10-17(22)13-24-12-16/h2-3,8-10,12-13H,4-7H2,1H3/b15-8+. The van der Waals surface area contributed by atoms with Gasteiger partial charge in [0.15, 0.2) is 11.5 Å². The van der Waals surface area contributed by atoms with E-state index in [-0.39, 0.29) is 28.5 Å². The summed E-state index contributed by atoms with van der Waals surface area (Å²) in [4.78, 5) is 30.4. The van der Waals surface area contributed by atoms with Gasteiger partial charge in [0.25, 0.3) is 5.91 Å². The minimum atomic E-state index is -0.592. The van der Waals surface area contributed by atoms with E-state index in [1.54, 1.807) is 35.4 Å².